The van der Waals surface area contributed by atoms with E-state index in [9.17, 15) is 9.59 Å². The van der Waals surface area contributed by atoms with Crippen molar-refractivity contribution in [3.05, 3.63) is 0 Å². The van der Waals surface area contributed by atoms with Crippen LogP contribution in [0.1, 0.15) is 6.42 Å². The number of aliphatic carboxylic acids is 1. The van der Waals surface area contributed by atoms with E-state index in [2.05, 4.69) is 10.6 Å². The fourth-order valence-corrected chi connectivity index (χ4v) is 0.794. The molecule has 7 nitrogen and oxygen atoms in total. The molecule has 2 amide bonds. The first kappa shape index (κ1) is 13.7. The zero-order valence-electron chi connectivity index (χ0n) is 8.66. The minimum absolute atomic E-state index is 0.201. The third-order valence-corrected chi connectivity index (χ3v) is 1.65. The van der Waals surface area contributed by atoms with Gasteiger partial charge in [-0.15, -0.1) is 0 Å². The second-order valence-electron chi connectivity index (χ2n) is 2.91. The van der Waals surface area contributed by atoms with Crippen molar-refractivity contribution >= 4 is 12.0 Å². The van der Waals surface area contributed by atoms with Crippen LogP contribution in [-0.2, 0) is 9.53 Å². The van der Waals surface area contributed by atoms with E-state index in [1.807, 2.05) is 0 Å². The Bertz CT molecular complexity index is 210. The predicted octanol–water partition coefficient (Wildman–Crippen LogP) is -1.27. The van der Waals surface area contributed by atoms with Crippen LogP contribution >= 0.6 is 0 Å². The fraction of sp³-hybridized carbons (Fsp3) is 0.750. The first-order chi connectivity index (χ1) is 7.07. The van der Waals surface area contributed by atoms with Gasteiger partial charge in [0.25, 0.3) is 0 Å². The van der Waals surface area contributed by atoms with E-state index < -0.39 is 12.0 Å². The maximum Gasteiger partial charge on any atom is 0.320 e. The molecule has 15 heavy (non-hydrogen) atoms. The summed E-state index contributed by atoms with van der Waals surface area (Å²) in [6.45, 7) is 1.07. The zero-order valence-corrected chi connectivity index (χ0v) is 8.66. The number of rotatable bonds is 7. The smallest absolute Gasteiger partial charge is 0.320 e. The Morgan fingerprint density at radius 2 is 2.00 bits per heavy atom. The van der Waals surface area contributed by atoms with E-state index >= 15 is 0 Å². The lowest BCUT2D eigenvalue weighted by atomic mass is 10.2. The van der Waals surface area contributed by atoms with Crippen LogP contribution in [0.4, 0.5) is 4.79 Å². The van der Waals surface area contributed by atoms with Gasteiger partial charge in [-0.3, -0.25) is 4.79 Å². The lowest BCUT2D eigenvalue weighted by molar-refractivity contribution is -0.138. The molecule has 0 radical (unpaired) electrons. The fourth-order valence-electron chi connectivity index (χ4n) is 0.794. The zero-order chi connectivity index (χ0) is 11.7. The highest BCUT2D eigenvalue weighted by Gasteiger charge is 2.10. The molecule has 7 heteroatoms. The van der Waals surface area contributed by atoms with Crippen molar-refractivity contribution < 1.29 is 19.4 Å². The Kier molecular flexibility index (Phi) is 7.29. The lowest BCUT2D eigenvalue weighted by Gasteiger charge is -2.08. The Balaban J connectivity index is 3.42. The highest BCUT2D eigenvalue weighted by Crippen LogP contribution is 1.85. The predicted molar refractivity (Wildman–Crippen MR) is 53.5 cm³/mol. The lowest BCUT2D eigenvalue weighted by Crippen LogP contribution is -2.40. The molecule has 5 N–H and O–H groups in total. The molecule has 1 atom stereocenters. The van der Waals surface area contributed by atoms with Gasteiger partial charge in [-0.1, -0.05) is 0 Å². The molecular weight excluding hydrogens is 202 g/mol. The molecule has 0 spiro atoms. The summed E-state index contributed by atoms with van der Waals surface area (Å²) >= 11 is 0. The molecule has 0 aromatic rings. The summed E-state index contributed by atoms with van der Waals surface area (Å²) in [4.78, 5) is 21.3. The van der Waals surface area contributed by atoms with Gasteiger partial charge < -0.3 is 26.2 Å². The van der Waals surface area contributed by atoms with Gasteiger partial charge in [0.2, 0.25) is 0 Å². The third-order valence-electron chi connectivity index (χ3n) is 1.65. The first-order valence-corrected chi connectivity index (χ1v) is 4.57. The SMILES string of the molecule is COCCNC(=O)NCCC(N)C(=O)O. The molecule has 1 unspecified atom stereocenters. The van der Waals surface area contributed by atoms with Crippen molar-refractivity contribution in [2.75, 3.05) is 26.8 Å². The molecule has 0 fully saturated rings. The molecule has 0 aromatic carbocycles. The average molecular weight is 219 g/mol. The van der Waals surface area contributed by atoms with Crippen LogP contribution in [0.2, 0.25) is 0 Å². The van der Waals surface area contributed by atoms with Gasteiger partial charge in [-0.2, -0.15) is 0 Å². The van der Waals surface area contributed by atoms with Gasteiger partial charge in [0, 0.05) is 20.2 Å². The molecule has 0 aliphatic rings. The van der Waals surface area contributed by atoms with Crippen molar-refractivity contribution in [2.45, 2.75) is 12.5 Å². The van der Waals surface area contributed by atoms with Crippen molar-refractivity contribution in [3.63, 3.8) is 0 Å². The van der Waals surface area contributed by atoms with E-state index in [1.165, 1.54) is 7.11 Å². The third kappa shape index (κ3) is 7.71. The van der Waals surface area contributed by atoms with Gasteiger partial charge in [-0.25, -0.2) is 4.79 Å². The summed E-state index contributed by atoms with van der Waals surface area (Å²) < 4.78 is 4.73. The largest absolute Gasteiger partial charge is 0.480 e. The molecule has 0 saturated heterocycles. The topological polar surface area (TPSA) is 114 Å². The van der Waals surface area contributed by atoms with Crippen LogP contribution in [0, 0.1) is 0 Å². The molecule has 0 bridgehead atoms. The number of ether oxygens (including phenoxy) is 1. The minimum Gasteiger partial charge on any atom is -0.480 e. The monoisotopic (exact) mass is 219 g/mol. The van der Waals surface area contributed by atoms with E-state index in [-0.39, 0.29) is 19.0 Å². The van der Waals surface area contributed by atoms with Crippen LogP contribution in [0.15, 0.2) is 0 Å². The summed E-state index contributed by atoms with van der Waals surface area (Å²) in [5.41, 5.74) is 5.23. The van der Waals surface area contributed by atoms with Gasteiger partial charge >= 0.3 is 12.0 Å². The summed E-state index contributed by atoms with van der Waals surface area (Å²) in [6.07, 6.45) is 0.201. The molecule has 0 aliphatic carbocycles. The van der Waals surface area contributed by atoms with Crippen molar-refractivity contribution in [1.29, 1.82) is 0 Å². The van der Waals surface area contributed by atoms with Gasteiger partial charge in [0.15, 0.2) is 0 Å². The molecule has 0 rings (SSSR count). The molecule has 0 saturated carbocycles. The first-order valence-electron chi connectivity index (χ1n) is 4.57. The number of methoxy groups -OCH3 is 1. The second kappa shape index (κ2) is 8.01. The Labute approximate surface area is 88.0 Å². The summed E-state index contributed by atoms with van der Waals surface area (Å²) in [7, 11) is 1.53. The van der Waals surface area contributed by atoms with Crippen LogP contribution in [-0.4, -0.2) is 50.0 Å². The number of nitrogens with two attached hydrogens (primary N) is 1. The highest BCUT2D eigenvalue weighted by molar-refractivity contribution is 5.74. The van der Waals surface area contributed by atoms with Gasteiger partial charge in [-0.05, 0) is 6.42 Å². The van der Waals surface area contributed by atoms with E-state index in [1.54, 1.807) is 0 Å². The second-order valence-corrected chi connectivity index (χ2v) is 2.91. The number of carboxylic acids is 1. The minimum atomic E-state index is -1.07. The Morgan fingerprint density at radius 3 is 2.53 bits per heavy atom. The maximum atomic E-state index is 11.0. The van der Waals surface area contributed by atoms with E-state index in [4.69, 9.17) is 15.6 Å². The molecule has 0 aromatic heterocycles. The summed E-state index contributed by atoms with van der Waals surface area (Å²) in [5, 5.41) is 13.5. The molecule has 0 heterocycles. The number of hydrogen-bond acceptors (Lipinski definition) is 4. The van der Waals surface area contributed by atoms with Crippen molar-refractivity contribution in [2.24, 2.45) is 5.73 Å². The Morgan fingerprint density at radius 1 is 1.40 bits per heavy atom. The number of amides is 2. The number of carbonyl (C=O) groups is 2. The van der Waals surface area contributed by atoms with E-state index in [0.29, 0.717) is 13.2 Å². The molecular formula is C8H17N3O4. The van der Waals surface area contributed by atoms with Gasteiger partial charge in [0.05, 0.1) is 6.61 Å². The summed E-state index contributed by atoms with van der Waals surface area (Å²) in [6, 6.07) is -1.30. The van der Waals surface area contributed by atoms with Crippen LogP contribution in [0.5, 0.6) is 0 Å². The number of carboxylic acid groups (broad SMARTS) is 1. The average Bonchev–Trinajstić information content (AvgIpc) is 2.18. The van der Waals surface area contributed by atoms with E-state index in [0.717, 1.165) is 0 Å². The van der Waals surface area contributed by atoms with Crippen LogP contribution < -0.4 is 16.4 Å². The number of carbonyl (C=O) groups excluding carboxylic acids is 1. The summed E-state index contributed by atoms with van der Waals surface area (Å²) in [5.74, 6) is -1.07. The van der Waals surface area contributed by atoms with Crippen molar-refractivity contribution in [1.82, 2.24) is 10.6 Å². The maximum absolute atomic E-state index is 11.0. The van der Waals surface area contributed by atoms with Crippen LogP contribution in [0.3, 0.4) is 0 Å². The standard InChI is InChI=1S/C8H17N3O4/c1-15-5-4-11-8(14)10-3-2-6(9)7(12)13/h6H,2-5,9H2,1H3,(H,12,13)(H2,10,11,14). The quantitative estimate of drug-likeness (QED) is 0.399. The Hall–Kier alpha value is -1.34. The van der Waals surface area contributed by atoms with Gasteiger partial charge in [0.1, 0.15) is 6.04 Å². The normalized spacial score (nSPS) is 11.9. The number of nitrogens with one attached hydrogen (secondary N) is 2. The molecule has 88 valence electrons. The van der Waals surface area contributed by atoms with Crippen molar-refractivity contribution in [3.8, 4) is 0 Å². The van der Waals surface area contributed by atoms with Crippen LogP contribution in [0.25, 0.3) is 0 Å². The number of urea groups is 1. The number of hydrogen-bond donors (Lipinski definition) is 4. The molecule has 0 aliphatic heterocycles. The highest BCUT2D eigenvalue weighted by atomic mass is 16.5.